The molecular weight excluding hydrogens is 96.1 g/mol. The number of rotatable bonds is 0. The smallest absolute Gasteiger partial charge is 0.0205 e. The van der Waals surface area contributed by atoms with Gasteiger partial charge in [0.1, 0.15) is 0 Å². The number of fused-ring (bicyclic) bond motifs is 2. The van der Waals surface area contributed by atoms with Crippen molar-refractivity contribution in [3.63, 3.8) is 0 Å². The summed E-state index contributed by atoms with van der Waals surface area (Å²) in [7, 11) is 0. The maximum absolute atomic E-state index is 3.26. The monoisotopic (exact) mass is 106 g/mol. The Morgan fingerprint density at radius 1 is 1.25 bits per heavy atom. The van der Waals surface area contributed by atoms with Crippen molar-refractivity contribution in [3.05, 3.63) is 0 Å². The van der Waals surface area contributed by atoms with E-state index in [1.807, 2.05) is 0 Å². The molecule has 0 heteroatoms. The molecule has 0 N–H and O–H groups in total. The molecule has 2 atom stereocenters. The molecule has 0 heterocycles. The highest BCUT2D eigenvalue weighted by Crippen LogP contribution is 2.34. The molecule has 42 valence electrons. The standard InChI is InChI=1S/C8H10/c1-2-7-4-5-8(3-1)6-7/h7-8H,2,4-6H2. The third-order valence-corrected chi connectivity index (χ3v) is 2.24. The molecule has 0 radical (unpaired) electrons. The van der Waals surface area contributed by atoms with Crippen LogP contribution in [-0.2, 0) is 0 Å². The Kier molecular flexibility index (Phi) is 0.842. The molecule has 0 aromatic heterocycles. The summed E-state index contributed by atoms with van der Waals surface area (Å²) in [6, 6.07) is 0. The largest absolute Gasteiger partial charge is 0.103 e. The quantitative estimate of drug-likeness (QED) is 0.413. The predicted octanol–water partition coefficient (Wildman–Crippen LogP) is 1.81. The second kappa shape index (κ2) is 1.52. The zero-order valence-electron chi connectivity index (χ0n) is 4.98. The fraction of sp³-hybridized carbons (Fsp3) is 0.750. The van der Waals surface area contributed by atoms with Crippen molar-refractivity contribution in [3.8, 4) is 11.8 Å². The normalized spacial score (nSPS) is 41.0. The van der Waals surface area contributed by atoms with Crippen molar-refractivity contribution in [1.82, 2.24) is 0 Å². The Morgan fingerprint density at radius 2 is 2.25 bits per heavy atom. The maximum atomic E-state index is 3.26. The van der Waals surface area contributed by atoms with Crippen LogP contribution in [0, 0.1) is 23.7 Å². The minimum absolute atomic E-state index is 0.800. The lowest BCUT2D eigenvalue weighted by molar-refractivity contribution is 0.540. The van der Waals surface area contributed by atoms with Gasteiger partial charge in [-0.2, -0.15) is 0 Å². The van der Waals surface area contributed by atoms with E-state index in [0.29, 0.717) is 0 Å². The van der Waals surface area contributed by atoms with E-state index < -0.39 is 0 Å². The van der Waals surface area contributed by atoms with Crippen molar-refractivity contribution in [1.29, 1.82) is 0 Å². The molecule has 1 fully saturated rings. The van der Waals surface area contributed by atoms with Crippen molar-refractivity contribution in [2.75, 3.05) is 0 Å². The van der Waals surface area contributed by atoms with Crippen LogP contribution in [0.4, 0.5) is 0 Å². The Bertz CT molecular complexity index is 147. The Morgan fingerprint density at radius 3 is 3.00 bits per heavy atom. The molecule has 2 unspecified atom stereocenters. The van der Waals surface area contributed by atoms with E-state index in [9.17, 15) is 0 Å². The summed E-state index contributed by atoms with van der Waals surface area (Å²) in [5, 5.41) is 0. The average molecular weight is 106 g/mol. The SMILES string of the molecule is C1#CC2CCC(C1)C2. The summed E-state index contributed by atoms with van der Waals surface area (Å²) in [5.41, 5.74) is 0. The van der Waals surface area contributed by atoms with Crippen molar-refractivity contribution >= 4 is 0 Å². The lowest BCUT2D eigenvalue weighted by atomic mass is 9.98. The number of hydrogen-bond acceptors (Lipinski definition) is 0. The molecule has 0 aromatic rings. The molecule has 0 spiro atoms. The zero-order chi connectivity index (χ0) is 5.40. The third kappa shape index (κ3) is 0.545. The molecule has 0 aliphatic heterocycles. The summed E-state index contributed by atoms with van der Waals surface area (Å²) in [4.78, 5) is 0. The van der Waals surface area contributed by atoms with E-state index in [-0.39, 0.29) is 0 Å². The maximum Gasteiger partial charge on any atom is 0.0205 e. The third-order valence-electron chi connectivity index (χ3n) is 2.24. The Balaban J connectivity index is 2.23. The molecule has 0 amide bonds. The fourth-order valence-electron chi connectivity index (χ4n) is 1.74. The van der Waals surface area contributed by atoms with Gasteiger partial charge in [-0.1, -0.05) is 5.92 Å². The molecule has 0 nitrogen and oxygen atoms in total. The van der Waals surface area contributed by atoms with Gasteiger partial charge >= 0.3 is 0 Å². The molecule has 0 saturated heterocycles. The van der Waals surface area contributed by atoms with E-state index in [0.717, 1.165) is 11.8 Å². The van der Waals surface area contributed by atoms with Gasteiger partial charge in [0.05, 0.1) is 0 Å². The van der Waals surface area contributed by atoms with Gasteiger partial charge in [-0.05, 0) is 25.2 Å². The molecule has 2 aliphatic carbocycles. The first-order valence-electron chi connectivity index (χ1n) is 3.43. The van der Waals surface area contributed by atoms with Crippen LogP contribution in [0.1, 0.15) is 25.7 Å². The molecule has 0 aromatic carbocycles. The lowest BCUT2D eigenvalue weighted by Gasteiger charge is -2.06. The summed E-state index contributed by atoms with van der Waals surface area (Å²) >= 11 is 0. The average Bonchev–Trinajstić information content (AvgIpc) is 2.12. The fourth-order valence-corrected chi connectivity index (χ4v) is 1.74. The van der Waals surface area contributed by atoms with E-state index in [1.165, 1.54) is 25.7 Å². The molecule has 2 bridgehead atoms. The minimum atomic E-state index is 0.800. The molecular formula is C8H10. The van der Waals surface area contributed by atoms with Gasteiger partial charge in [0.2, 0.25) is 0 Å². The Labute approximate surface area is 50.3 Å². The summed E-state index contributed by atoms with van der Waals surface area (Å²) in [6.45, 7) is 0. The van der Waals surface area contributed by atoms with Gasteiger partial charge in [0.15, 0.2) is 0 Å². The van der Waals surface area contributed by atoms with Crippen molar-refractivity contribution in [2.24, 2.45) is 11.8 Å². The van der Waals surface area contributed by atoms with Crippen LogP contribution in [0.5, 0.6) is 0 Å². The lowest BCUT2D eigenvalue weighted by Crippen LogP contribution is -1.97. The van der Waals surface area contributed by atoms with Crippen LogP contribution < -0.4 is 0 Å². The summed E-state index contributed by atoms with van der Waals surface area (Å²) in [6.07, 6.45) is 5.42. The summed E-state index contributed by atoms with van der Waals surface area (Å²) in [5.74, 6) is 8.24. The Hall–Kier alpha value is -0.440. The van der Waals surface area contributed by atoms with Crippen molar-refractivity contribution in [2.45, 2.75) is 25.7 Å². The summed E-state index contributed by atoms with van der Waals surface area (Å²) < 4.78 is 0. The second-order valence-corrected chi connectivity index (χ2v) is 2.90. The second-order valence-electron chi connectivity index (χ2n) is 2.90. The highest BCUT2D eigenvalue weighted by Gasteiger charge is 2.24. The van der Waals surface area contributed by atoms with Crippen LogP contribution in [-0.4, -0.2) is 0 Å². The van der Waals surface area contributed by atoms with Gasteiger partial charge < -0.3 is 0 Å². The van der Waals surface area contributed by atoms with Gasteiger partial charge in [0, 0.05) is 12.3 Å². The van der Waals surface area contributed by atoms with Crippen LogP contribution in [0.3, 0.4) is 0 Å². The van der Waals surface area contributed by atoms with E-state index in [1.54, 1.807) is 0 Å². The molecule has 2 rings (SSSR count). The topological polar surface area (TPSA) is 0 Å². The van der Waals surface area contributed by atoms with Crippen LogP contribution in [0.15, 0.2) is 0 Å². The number of hydrogen-bond donors (Lipinski definition) is 0. The highest BCUT2D eigenvalue weighted by atomic mass is 14.3. The zero-order valence-corrected chi connectivity index (χ0v) is 4.98. The van der Waals surface area contributed by atoms with Gasteiger partial charge in [-0.3, -0.25) is 0 Å². The van der Waals surface area contributed by atoms with E-state index >= 15 is 0 Å². The first-order valence-corrected chi connectivity index (χ1v) is 3.43. The van der Waals surface area contributed by atoms with Crippen LogP contribution in [0.2, 0.25) is 0 Å². The molecule has 8 heavy (non-hydrogen) atoms. The van der Waals surface area contributed by atoms with Crippen LogP contribution in [0.25, 0.3) is 0 Å². The first kappa shape index (κ1) is 4.44. The molecule has 1 saturated carbocycles. The van der Waals surface area contributed by atoms with Crippen molar-refractivity contribution < 1.29 is 0 Å². The first-order chi connectivity index (χ1) is 3.95. The minimum Gasteiger partial charge on any atom is -0.103 e. The van der Waals surface area contributed by atoms with Gasteiger partial charge in [-0.25, -0.2) is 0 Å². The van der Waals surface area contributed by atoms with E-state index in [2.05, 4.69) is 11.8 Å². The molecule has 2 aliphatic rings. The van der Waals surface area contributed by atoms with Crippen LogP contribution >= 0.6 is 0 Å². The predicted molar refractivity (Wildman–Crippen MR) is 33.2 cm³/mol. The van der Waals surface area contributed by atoms with Gasteiger partial charge in [-0.15, -0.1) is 5.92 Å². The van der Waals surface area contributed by atoms with Gasteiger partial charge in [0.25, 0.3) is 0 Å². The highest BCUT2D eigenvalue weighted by molar-refractivity contribution is 5.12. The van der Waals surface area contributed by atoms with E-state index in [4.69, 9.17) is 0 Å².